The highest BCUT2D eigenvalue weighted by Crippen LogP contribution is 2.12. The number of rotatable bonds is 9. The Balaban J connectivity index is 2.18. The molecule has 0 aliphatic carbocycles. The number of thiazole rings is 1. The van der Waals surface area contributed by atoms with Crippen molar-refractivity contribution in [2.24, 2.45) is 0 Å². The highest BCUT2D eigenvalue weighted by Gasteiger charge is 2.10. The van der Waals surface area contributed by atoms with E-state index in [2.05, 4.69) is 48.4 Å². The largest absolute Gasteiger partial charge is 0.317 e. The molecule has 0 aliphatic rings. The molecule has 1 unspecified atom stereocenters. The number of nitrogens with zero attached hydrogens (tertiary/aromatic N) is 2. The molecule has 0 saturated heterocycles. The normalized spacial score (nSPS) is 13.2. The standard InChI is InChI=1S/C14H27N3S/c1-5-8-15-9-6-7-12(2)17(4)10-14-11-18-13(3)16-14/h11-12,15H,5-10H2,1-4H3. The van der Waals surface area contributed by atoms with E-state index >= 15 is 0 Å². The summed E-state index contributed by atoms with van der Waals surface area (Å²) in [5.41, 5.74) is 1.20. The van der Waals surface area contributed by atoms with Crippen LogP contribution in [0.25, 0.3) is 0 Å². The number of hydrogen-bond donors (Lipinski definition) is 1. The van der Waals surface area contributed by atoms with E-state index in [0.717, 1.165) is 24.6 Å². The molecule has 0 spiro atoms. The van der Waals surface area contributed by atoms with E-state index in [0.29, 0.717) is 6.04 Å². The van der Waals surface area contributed by atoms with Crippen LogP contribution in [0.5, 0.6) is 0 Å². The van der Waals surface area contributed by atoms with Crippen molar-refractivity contribution in [1.82, 2.24) is 15.2 Å². The molecule has 3 nitrogen and oxygen atoms in total. The van der Waals surface area contributed by atoms with Crippen molar-refractivity contribution in [2.75, 3.05) is 20.1 Å². The van der Waals surface area contributed by atoms with Crippen molar-refractivity contribution < 1.29 is 0 Å². The smallest absolute Gasteiger partial charge is 0.0897 e. The molecule has 1 aromatic heterocycles. The summed E-state index contributed by atoms with van der Waals surface area (Å²) in [6, 6.07) is 0.621. The predicted molar refractivity (Wildman–Crippen MR) is 80.2 cm³/mol. The van der Waals surface area contributed by atoms with Crippen LogP contribution in [0.3, 0.4) is 0 Å². The third kappa shape index (κ3) is 5.94. The zero-order valence-corrected chi connectivity index (χ0v) is 13.0. The maximum atomic E-state index is 4.52. The van der Waals surface area contributed by atoms with Crippen LogP contribution >= 0.6 is 11.3 Å². The van der Waals surface area contributed by atoms with Crippen molar-refractivity contribution in [2.45, 2.75) is 52.6 Å². The van der Waals surface area contributed by atoms with E-state index in [1.165, 1.54) is 25.0 Å². The van der Waals surface area contributed by atoms with E-state index in [-0.39, 0.29) is 0 Å². The molecule has 0 radical (unpaired) electrons. The lowest BCUT2D eigenvalue weighted by Gasteiger charge is -2.23. The fraction of sp³-hybridized carbons (Fsp3) is 0.786. The van der Waals surface area contributed by atoms with E-state index in [4.69, 9.17) is 0 Å². The molecule has 4 heteroatoms. The van der Waals surface area contributed by atoms with E-state index in [9.17, 15) is 0 Å². The van der Waals surface area contributed by atoms with E-state index in [1.807, 2.05) is 0 Å². The van der Waals surface area contributed by atoms with Crippen LogP contribution in [0, 0.1) is 6.92 Å². The van der Waals surface area contributed by atoms with Gasteiger partial charge in [-0.05, 0) is 53.2 Å². The molecular weight excluding hydrogens is 242 g/mol. The van der Waals surface area contributed by atoms with Crippen LogP contribution in [-0.2, 0) is 6.54 Å². The van der Waals surface area contributed by atoms with Crippen molar-refractivity contribution in [3.8, 4) is 0 Å². The zero-order chi connectivity index (χ0) is 13.4. The van der Waals surface area contributed by atoms with Gasteiger partial charge in [0.25, 0.3) is 0 Å². The molecule has 0 fully saturated rings. The van der Waals surface area contributed by atoms with Gasteiger partial charge in [-0.3, -0.25) is 4.90 Å². The summed E-state index contributed by atoms with van der Waals surface area (Å²) in [7, 11) is 2.19. The Morgan fingerprint density at radius 3 is 2.83 bits per heavy atom. The molecule has 1 rings (SSSR count). The Kier molecular flexibility index (Phi) is 7.47. The molecule has 1 N–H and O–H groups in total. The lowest BCUT2D eigenvalue weighted by Crippen LogP contribution is -2.29. The van der Waals surface area contributed by atoms with Gasteiger partial charge in [0.1, 0.15) is 0 Å². The van der Waals surface area contributed by atoms with E-state index in [1.54, 1.807) is 11.3 Å². The maximum Gasteiger partial charge on any atom is 0.0897 e. The molecule has 1 atom stereocenters. The summed E-state index contributed by atoms with van der Waals surface area (Å²) in [4.78, 5) is 6.92. The molecule has 104 valence electrons. The summed E-state index contributed by atoms with van der Waals surface area (Å²) in [5, 5.41) is 6.78. The van der Waals surface area contributed by atoms with Gasteiger partial charge in [0, 0.05) is 18.0 Å². The van der Waals surface area contributed by atoms with Crippen LogP contribution in [0.1, 0.15) is 43.8 Å². The van der Waals surface area contributed by atoms with Gasteiger partial charge >= 0.3 is 0 Å². The van der Waals surface area contributed by atoms with Gasteiger partial charge in [-0.1, -0.05) is 6.92 Å². The third-order valence-corrected chi connectivity index (χ3v) is 4.05. The number of hydrogen-bond acceptors (Lipinski definition) is 4. The Bertz CT molecular complexity index is 325. The molecule has 0 amide bonds. The third-order valence-electron chi connectivity index (χ3n) is 3.23. The summed E-state index contributed by atoms with van der Waals surface area (Å²) in [6.45, 7) is 9.83. The molecule has 0 aliphatic heterocycles. The maximum absolute atomic E-state index is 4.52. The second kappa shape index (κ2) is 8.62. The second-order valence-corrected chi connectivity index (χ2v) is 6.08. The first-order chi connectivity index (χ1) is 8.63. The average molecular weight is 269 g/mol. The van der Waals surface area contributed by atoms with Crippen LogP contribution in [0.15, 0.2) is 5.38 Å². The fourth-order valence-corrected chi connectivity index (χ4v) is 2.54. The Labute approximate surface area is 116 Å². The lowest BCUT2D eigenvalue weighted by atomic mass is 10.1. The quantitative estimate of drug-likeness (QED) is 0.698. The van der Waals surface area contributed by atoms with Gasteiger partial charge in [0.05, 0.1) is 10.7 Å². The number of aryl methyl sites for hydroxylation is 1. The molecule has 0 bridgehead atoms. The Morgan fingerprint density at radius 1 is 1.44 bits per heavy atom. The first-order valence-corrected chi connectivity index (χ1v) is 7.83. The molecule has 1 heterocycles. The van der Waals surface area contributed by atoms with Gasteiger partial charge in [-0.25, -0.2) is 4.98 Å². The van der Waals surface area contributed by atoms with Gasteiger partial charge in [-0.2, -0.15) is 0 Å². The van der Waals surface area contributed by atoms with Gasteiger partial charge in [-0.15, -0.1) is 11.3 Å². The predicted octanol–water partition coefficient (Wildman–Crippen LogP) is 3.05. The topological polar surface area (TPSA) is 28.2 Å². The van der Waals surface area contributed by atoms with Gasteiger partial charge in [0.2, 0.25) is 0 Å². The van der Waals surface area contributed by atoms with Crippen molar-refractivity contribution in [1.29, 1.82) is 0 Å². The lowest BCUT2D eigenvalue weighted by molar-refractivity contribution is 0.232. The van der Waals surface area contributed by atoms with Gasteiger partial charge in [0.15, 0.2) is 0 Å². The molecule has 0 aromatic carbocycles. The fourth-order valence-electron chi connectivity index (χ4n) is 1.94. The first kappa shape index (κ1) is 15.6. The monoisotopic (exact) mass is 269 g/mol. The minimum atomic E-state index is 0.621. The minimum Gasteiger partial charge on any atom is -0.317 e. The highest BCUT2D eigenvalue weighted by atomic mass is 32.1. The van der Waals surface area contributed by atoms with Crippen molar-refractivity contribution in [3.05, 3.63) is 16.1 Å². The van der Waals surface area contributed by atoms with Crippen LogP contribution in [0.4, 0.5) is 0 Å². The SMILES string of the molecule is CCCNCCCC(C)N(C)Cc1csc(C)n1. The van der Waals surface area contributed by atoms with Crippen LogP contribution in [-0.4, -0.2) is 36.1 Å². The average Bonchev–Trinajstić information content (AvgIpc) is 2.74. The summed E-state index contributed by atoms with van der Waals surface area (Å²) < 4.78 is 0. The van der Waals surface area contributed by atoms with Crippen molar-refractivity contribution >= 4 is 11.3 Å². The molecule has 1 aromatic rings. The second-order valence-electron chi connectivity index (χ2n) is 5.01. The van der Waals surface area contributed by atoms with Crippen molar-refractivity contribution in [3.63, 3.8) is 0 Å². The molecule has 0 saturated carbocycles. The Hall–Kier alpha value is -0.450. The first-order valence-electron chi connectivity index (χ1n) is 6.95. The number of aromatic nitrogens is 1. The van der Waals surface area contributed by atoms with Crippen LogP contribution < -0.4 is 5.32 Å². The summed E-state index contributed by atoms with van der Waals surface area (Å²) in [5.74, 6) is 0. The summed E-state index contributed by atoms with van der Waals surface area (Å²) >= 11 is 1.74. The zero-order valence-electron chi connectivity index (χ0n) is 12.2. The van der Waals surface area contributed by atoms with Crippen LogP contribution in [0.2, 0.25) is 0 Å². The highest BCUT2D eigenvalue weighted by molar-refractivity contribution is 7.09. The minimum absolute atomic E-state index is 0.621. The Morgan fingerprint density at radius 2 is 2.22 bits per heavy atom. The summed E-state index contributed by atoms with van der Waals surface area (Å²) in [6.07, 6.45) is 3.72. The number of nitrogens with one attached hydrogen (secondary N) is 1. The van der Waals surface area contributed by atoms with E-state index < -0.39 is 0 Å². The van der Waals surface area contributed by atoms with Gasteiger partial charge < -0.3 is 5.32 Å². The molecular formula is C14H27N3S. The molecule has 18 heavy (non-hydrogen) atoms.